The van der Waals surface area contributed by atoms with Gasteiger partial charge in [0.05, 0.1) is 11.2 Å². The van der Waals surface area contributed by atoms with Crippen LogP contribution in [0.1, 0.15) is 22.5 Å². The van der Waals surface area contributed by atoms with Crippen molar-refractivity contribution in [2.45, 2.75) is 31.5 Å². The Labute approximate surface area is 124 Å². The molecule has 3 rings (SSSR count). The third-order valence-electron chi connectivity index (χ3n) is 3.88. The zero-order valence-corrected chi connectivity index (χ0v) is 12.9. The zero-order valence-electron chi connectivity index (χ0n) is 12.1. The summed E-state index contributed by atoms with van der Waals surface area (Å²) >= 11 is 0. The van der Waals surface area contributed by atoms with Gasteiger partial charge in [-0.1, -0.05) is 6.07 Å². The SMILES string of the molecule is Cc1occc1CN(C)S(=O)(=O)c1ccc2c(c1)CNC2. The Morgan fingerprint density at radius 3 is 2.71 bits per heavy atom. The fraction of sp³-hybridized carbons (Fsp3) is 0.333. The molecule has 0 amide bonds. The smallest absolute Gasteiger partial charge is 0.243 e. The maximum Gasteiger partial charge on any atom is 0.243 e. The van der Waals surface area contributed by atoms with E-state index in [1.807, 2.05) is 13.0 Å². The standard InChI is InChI=1S/C15H18N2O3S/c1-11-13(5-6-20-11)10-17(2)21(18,19)15-4-3-12-8-16-9-14(12)7-15/h3-7,16H,8-10H2,1-2H3. The lowest BCUT2D eigenvalue weighted by atomic mass is 10.1. The van der Waals surface area contributed by atoms with E-state index in [0.29, 0.717) is 11.4 Å². The quantitative estimate of drug-likeness (QED) is 0.938. The Morgan fingerprint density at radius 2 is 2.00 bits per heavy atom. The first-order valence-corrected chi connectivity index (χ1v) is 8.24. The normalized spacial score (nSPS) is 14.6. The van der Waals surface area contributed by atoms with Gasteiger partial charge in [-0.25, -0.2) is 8.42 Å². The molecule has 1 aromatic carbocycles. The second-order valence-electron chi connectivity index (χ2n) is 5.30. The summed E-state index contributed by atoms with van der Waals surface area (Å²) in [6.45, 7) is 3.67. The summed E-state index contributed by atoms with van der Waals surface area (Å²) in [5.74, 6) is 0.746. The summed E-state index contributed by atoms with van der Waals surface area (Å²) < 4.78 is 31.9. The van der Waals surface area contributed by atoms with Crippen molar-refractivity contribution in [3.63, 3.8) is 0 Å². The predicted octanol–water partition coefficient (Wildman–Crippen LogP) is 2.01. The number of aryl methyl sites for hydroxylation is 1. The third kappa shape index (κ3) is 2.62. The van der Waals surface area contributed by atoms with Crippen LogP contribution >= 0.6 is 0 Å². The molecule has 1 aliphatic heterocycles. The predicted molar refractivity (Wildman–Crippen MR) is 79.1 cm³/mol. The van der Waals surface area contributed by atoms with E-state index >= 15 is 0 Å². The van der Waals surface area contributed by atoms with Gasteiger partial charge in [0.2, 0.25) is 10.0 Å². The third-order valence-corrected chi connectivity index (χ3v) is 5.68. The molecule has 5 nitrogen and oxygen atoms in total. The summed E-state index contributed by atoms with van der Waals surface area (Å²) in [7, 11) is -1.90. The van der Waals surface area contributed by atoms with Crippen molar-refractivity contribution in [3.05, 3.63) is 53.0 Å². The van der Waals surface area contributed by atoms with Gasteiger partial charge in [-0.2, -0.15) is 4.31 Å². The van der Waals surface area contributed by atoms with E-state index in [4.69, 9.17) is 4.42 Å². The van der Waals surface area contributed by atoms with E-state index in [9.17, 15) is 8.42 Å². The van der Waals surface area contributed by atoms with Crippen LogP contribution in [0.5, 0.6) is 0 Å². The van der Waals surface area contributed by atoms with E-state index in [2.05, 4.69) is 5.32 Å². The fourth-order valence-electron chi connectivity index (χ4n) is 2.51. The van der Waals surface area contributed by atoms with Crippen LogP contribution in [0.25, 0.3) is 0 Å². The molecule has 0 atom stereocenters. The molecule has 6 heteroatoms. The molecule has 0 unspecified atom stereocenters. The molecular formula is C15H18N2O3S. The molecule has 0 aliphatic carbocycles. The molecule has 1 aromatic heterocycles. The molecule has 112 valence electrons. The van der Waals surface area contributed by atoms with Crippen LogP contribution in [0.2, 0.25) is 0 Å². The van der Waals surface area contributed by atoms with Gasteiger partial charge in [0, 0.05) is 32.2 Å². The molecule has 0 spiro atoms. The van der Waals surface area contributed by atoms with E-state index in [1.54, 1.807) is 31.5 Å². The molecule has 21 heavy (non-hydrogen) atoms. The average molecular weight is 306 g/mol. The number of sulfonamides is 1. The van der Waals surface area contributed by atoms with Crippen molar-refractivity contribution >= 4 is 10.0 Å². The van der Waals surface area contributed by atoms with Crippen molar-refractivity contribution in [2.75, 3.05) is 7.05 Å². The van der Waals surface area contributed by atoms with Crippen LogP contribution < -0.4 is 5.32 Å². The van der Waals surface area contributed by atoms with Gasteiger partial charge >= 0.3 is 0 Å². The first-order valence-electron chi connectivity index (χ1n) is 6.80. The van der Waals surface area contributed by atoms with Gasteiger partial charge in [0.1, 0.15) is 5.76 Å². The highest BCUT2D eigenvalue weighted by molar-refractivity contribution is 7.89. The highest BCUT2D eigenvalue weighted by Crippen LogP contribution is 2.23. The number of nitrogens with zero attached hydrogens (tertiary/aromatic N) is 1. The fourth-order valence-corrected chi connectivity index (χ4v) is 3.71. The lowest BCUT2D eigenvalue weighted by Crippen LogP contribution is -2.26. The maximum absolute atomic E-state index is 12.6. The number of rotatable bonds is 4. The van der Waals surface area contributed by atoms with Gasteiger partial charge in [-0.05, 0) is 36.2 Å². The molecule has 1 aliphatic rings. The van der Waals surface area contributed by atoms with Crippen molar-refractivity contribution in [3.8, 4) is 0 Å². The van der Waals surface area contributed by atoms with Gasteiger partial charge in [0.15, 0.2) is 0 Å². The van der Waals surface area contributed by atoms with Crippen LogP contribution in [0.15, 0.2) is 39.8 Å². The summed E-state index contributed by atoms with van der Waals surface area (Å²) in [4.78, 5) is 0.341. The van der Waals surface area contributed by atoms with E-state index in [1.165, 1.54) is 9.87 Å². The van der Waals surface area contributed by atoms with Crippen LogP contribution in [0, 0.1) is 6.92 Å². The van der Waals surface area contributed by atoms with Crippen molar-refractivity contribution in [1.29, 1.82) is 0 Å². The van der Waals surface area contributed by atoms with Crippen LogP contribution in [-0.4, -0.2) is 19.8 Å². The molecule has 0 saturated carbocycles. The molecule has 0 bridgehead atoms. The molecule has 2 aromatic rings. The Morgan fingerprint density at radius 1 is 1.24 bits per heavy atom. The summed E-state index contributed by atoms with van der Waals surface area (Å²) in [5, 5.41) is 3.22. The van der Waals surface area contributed by atoms with Crippen LogP contribution in [0.3, 0.4) is 0 Å². The van der Waals surface area contributed by atoms with Gasteiger partial charge in [-0.15, -0.1) is 0 Å². The Balaban J connectivity index is 1.87. The highest BCUT2D eigenvalue weighted by Gasteiger charge is 2.23. The lowest BCUT2D eigenvalue weighted by Gasteiger charge is -2.17. The molecule has 0 fully saturated rings. The second-order valence-corrected chi connectivity index (χ2v) is 7.34. The summed E-state index contributed by atoms with van der Waals surface area (Å²) in [6, 6.07) is 7.14. The number of benzene rings is 1. The Hall–Kier alpha value is -1.63. The van der Waals surface area contributed by atoms with Crippen molar-refractivity contribution < 1.29 is 12.8 Å². The molecule has 1 N–H and O–H groups in total. The topological polar surface area (TPSA) is 62.6 Å². The zero-order chi connectivity index (χ0) is 15.0. The van der Waals surface area contributed by atoms with Crippen LogP contribution in [0.4, 0.5) is 0 Å². The number of fused-ring (bicyclic) bond motifs is 1. The van der Waals surface area contributed by atoms with Crippen molar-refractivity contribution in [2.24, 2.45) is 0 Å². The van der Waals surface area contributed by atoms with E-state index in [-0.39, 0.29) is 0 Å². The highest BCUT2D eigenvalue weighted by atomic mass is 32.2. The number of furan rings is 1. The minimum Gasteiger partial charge on any atom is -0.469 e. The van der Waals surface area contributed by atoms with E-state index < -0.39 is 10.0 Å². The minimum atomic E-state index is -3.49. The van der Waals surface area contributed by atoms with Gasteiger partial charge < -0.3 is 9.73 Å². The first-order chi connectivity index (χ1) is 9.98. The van der Waals surface area contributed by atoms with E-state index in [0.717, 1.165) is 30.0 Å². The maximum atomic E-state index is 12.6. The van der Waals surface area contributed by atoms with Crippen molar-refractivity contribution in [1.82, 2.24) is 9.62 Å². The molecule has 0 radical (unpaired) electrons. The monoisotopic (exact) mass is 306 g/mol. The largest absolute Gasteiger partial charge is 0.469 e. The molecular weight excluding hydrogens is 288 g/mol. The van der Waals surface area contributed by atoms with Gasteiger partial charge in [-0.3, -0.25) is 0 Å². The summed E-state index contributed by atoms with van der Waals surface area (Å²) in [5.41, 5.74) is 3.11. The average Bonchev–Trinajstić information content (AvgIpc) is 3.07. The Kier molecular flexibility index (Phi) is 3.61. The molecule has 2 heterocycles. The number of nitrogens with one attached hydrogen (secondary N) is 1. The second kappa shape index (κ2) is 5.29. The van der Waals surface area contributed by atoms with Crippen LogP contribution in [-0.2, 0) is 29.7 Å². The Bertz CT molecular complexity index is 765. The first kappa shape index (κ1) is 14.3. The number of hydrogen-bond donors (Lipinski definition) is 1. The minimum absolute atomic E-state index is 0.306. The lowest BCUT2D eigenvalue weighted by molar-refractivity contribution is 0.459. The summed E-state index contributed by atoms with van der Waals surface area (Å²) in [6.07, 6.45) is 1.58. The molecule has 0 saturated heterocycles. The van der Waals surface area contributed by atoms with Gasteiger partial charge in [0.25, 0.3) is 0 Å². The number of hydrogen-bond acceptors (Lipinski definition) is 4.